The number of H-pyrrole nitrogens is 1. The van der Waals surface area contributed by atoms with E-state index in [1.54, 1.807) is 4.57 Å². The van der Waals surface area contributed by atoms with Crippen LogP contribution in [0.25, 0.3) is 11.0 Å². The topological polar surface area (TPSA) is 47.0 Å². The predicted octanol–water partition coefficient (Wildman–Crippen LogP) is 2.21. The summed E-state index contributed by atoms with van der Waals surface area (Å²) < 4.78 is 7.52. The highest BCUT2D eigenvalue weighted by Gasteiger charge is 2.17. The quantitative estimate of drug-likeness (QED) is 0.883. The highest BCUT2D eigenvalue weighted by Crippen LogP contribution is 2.17. The minimum absolute atomic E-state index is 0.0372. The Kier molecular flexibility index (Phi) is 2.96. The van der Waals surface area contributed by atoms with Crippen molar-refractivity contribution in [2.45, 2.75) is 38.8 Å². The Balaban J connectivity index is 1.97. The molecule has 4 nitrogen and oxygen atoms in total. The molecule has 0 spiro atoms. The first-order valence-electron chi connectivity index (χ1n) is 6.55. The number of benzene rings is 1. The average molecular weight is 246 g/mol. The molecule has 0 aliphatic carbocycles. The van der Waals surface area contributed by atoms with E-state index in [4.69, 9.17) is 4.74 Å². The fraction of sp³-hybridized carbons (Fsp3) is 0.500. The van der Waals surface area contributed by atoms with Crippen molar-refractivity contribution in [1.82, 2.24) is 9.55 Å². The zero-order valence-corrected chi connectivity index (χ0v) is 10.6. The maximum Gasteiger partial charge on any atom is 0.326 e. The van der Waals surface area contributed by atoms with E-state index in [1.165, 1.54) is 12.0 Å². The molecule has 1 aromatic carbocycles. The van der Waals surface area contributed by atoms with E-state index >= 15 is 0 Å². The number of fused-ring (bicyclic) bond motifs is 1. The molecule has 3 rings (SSSR count). The van der Waals surface area contributed by atoms with Crippen LogP contribution in [0.4, 0.5) is 0 Å². The van der Waals surface area contributed by atoms with Gasteiger partial charge in [-0.25, -0.2) is 4.79 Å². The molecule has 96 valence electrons. The molecule has 2 heterocycles. The van der Waals surface area contributed by atoms with Gasteiger partial charge in [0.25, 0.3) is 0 Å². The molecule has 1 fully saturated rings. The first-order chi connectivity index (χ1) is 8.74. The molecule has 0 saturated carbocycles. The monoisotopic (exact) mass is 246 g/mol. The van der Waals surface area contributed by atoms with Gasteiger partial charge in [-0.3, -0.25) is 4.57 Å². The molecule has 1 aliphatic heterocycles. The van der Waals surface area contributed by atoms with Crippen LogP contribution < -0.4 is 5.69 Å². The first-order valence-corrected chi connectivity index (χ1v) is 6.55. The Morgan fingerprint density at radius 1 is 1.44 bits per heavy atom. The number of nitrogens with one attached hydrogen (secondary N) is 1. The molecule has 2 aromatic rings. The number of hydrogen-bond acceptors (Lipinski definition) is 2. The van der Waals surface area contributed by atoms with Crippen molar-refractivity contribution >= 4 is 11.0 Å². The molecule has 4 heteroatoms. The van der Waals surface area contributed by atoms with Crippen LogP contribution in [-0.2, 0) is 11.3 Å². The van der Waals surface area contributed by atoms with Gasteiger partial charge in [0, 0.05) is 6.61 Å². The Labute approximate surface area is 106 Å². The van der Waals surface area contributed by atoms with Crippen molar-refractivity contribution in [3.8, 4) is 0 Å². The third-order valence-corrected chi connectivity index (χ3v) is 3.59. The molecular weight excluding hydrogens is 228 g/mol. The lowest BCUT2D eigenvalue weighted by Gasteiger charge is -2.22. The van der Waals surface area contributed by atoms with E-state index in [1.807, 2.05) is 19.1 Å². The summed E-state index contributed by atoms with van der Waals surface area (Å²) in [7, 11) is 0. The van der Waals surface area contributed by atoms with Crippen LogP contribution in [0.15, 0.2) is 23.0 Å². The Morgan fingerprint density at radius 3 is 3.11 bits per heavy atom. The van der Waals surface area contributed by atoms with Crippen LogP contribution in [0.2, 0.25) is 0 Å². The van der Waals surface area contributed by atoms with Crippen molar-refractivity contribution in [2.24, 2.45) is 0 Å². The Morgan fingerprint density at radius 2 is 2.33 bits per heavy atom. The molecule has 1 unspecified atom stereocenters. The van der Waals surface area contributed by atoms with Gasteiger partial charge in [-0.2, -0.15) is 0 Å². The smallest absolute Gasteiger partial charge is 0.326 e. The molecule has 0 amide bonds. The van der Waals surface area contributed by atoms with Crippen molar-refractivity contribution in [2.75, 3.05) is 6.61 Å². The molecule has 1 aromatic heterocycles. The number of ether oxygens (including phenoxy) is 1. The van der Waals surface area contributed by atoms with E-state index in [9.17, 15) is 4.79 Å². The molecule has 0 radical (unpaired) electrons. The van der Waals surface area contributed by atoms with Crippen molar-refractivity contribution in [1.29, 1.82) is 0 Å². The second-order valence-corrected chi connectivity index (χ2v) is 5.05. The number of aryl methyl sites for hydroxylation is 1. The molecular formula is C14H18N2O2. The maximum atomic E-state index is 12.0. The number of nitrogens with zero attached hydrogens (tertiary/aromatic N) is 1. The van der Waals surface area contributed by atoms with Crippen LogP contribution in [0.1, 0.15) is 24.8 Å². The highest BCUT2D eigenvalue weighted by molar-refractivity contribution is 5.75. The lowest BCUT2D eigenvalue weighted by Crippen LogP contribution is -2.29. The second kappa shape index (κ2) is 4.61. The summed E-state index contributed by atoms with van der Waals surface area (Å²) in [4.78, 5) is 14.9. The summed E-state index contributed by atoms with van der Waals surface area (Å²) >= 11 is 0. The number of rotatable bonds is 2. The summed E-state index contributed by atoms with van der Waals surface area (Å²) in [5.74, 6) is 0. The first kappa shape index (κ1) is 11.5. The molecule has 1 saturated heterocycles. The summed E-state index contributed by atoms with van der Waals surface area (Å²) in [6.07, 6.45) is 3.56. The minimum Gasteiger partial charge on any atom is -0.376 e. The summed E-state index contributed by atoms with van der Waals surface area (Å²) in [6.45, 7) is 3.52. The molecule has 18 heavy (non-hydrogen) atoms. The lowest BCUT2D eigenvalue weighted by molar-refractivity contribution is 0.00613. The molecule has 0 bridgehead atoms. The van der Waals surface area contributed by atoms with E-state index in [0.717, 1.165) is 30.5 Å². The minimum atomic E-state index is -0.0372. The SMILES string of the molecule is Cc1ccc2[nH]c(=O)n(CC3CCCCO3)c2c1. The maximum absolute atomic E-state index is 12.0. The van der Waals surface area contributed by atoms with Gasteiger partial charge in [-0.1, -0.05) is 6.07 Å². The summed E-state index contributed by atoms with van der Waals surface area (Å²) in [5.41, 5.74) is 3.01. The van der Waals surface area contributed by atoms with Crippen molar-refractivity contribution in [3.63, 3.8) is 0 Å². The van der Waals surface area contributed by atoms with Crippen LogP contribution in [0.3, 0.4) is 0 Å². The van der Waals surface area contributed by atoms with Gasteiger partial charge in [0.1, 0.15) is 0 Å². The number of aromatic amines is 1. The van der Waals surface area contributed by atoms with E-state index < -0.39 is 0 Å². The van der Waals surface area contributed by atoms with Gasteiger partial charge in [0.05, 0.1) is 23.7 Å². The van der Waals surface area contributed by atoms with E-state index in [2.05, 4.69) is 11.1 Å². The highest BCUT2D eigenvalue weighted by atomic mass is 16.5. The number of imidazole rings is 1. The average Bonchev–Trinajstić information content (AvgIpc) is 2.67. The third kappa shape index (κ3) is 2.08. The van der Waals surface area contributed by atoms with Crippen LogP contribution >= 0.6 is 0 Å². The zero-order valence-electron chi connectivity index (χ0n) is 10.6. The number of hydrogen-bond donors (Lipinski definition) is 1. The van der Waals surface area contributed by atoms with Crippen LogP contribution in [0, 0.1) is 6.92 Å². The Bertz CT molecular complexity index is 606. The summed E-state index contributed by atoms with van der Waals surface area (Å²) in [5, 5.41) is 0. The second-order valence-electron chi connectivity index (χ2n) is 5.05. The predicted molar refractivity (Wildman–Crippen MR) is 70.9 cm³/mol. The molecule has 1 N–H and O–H groups in total. The lowest BCUT2D eigenvalue weighted by atomic mass is 10.1. The number of aromatic nitrogens is 2. The zero-order chi connectivity index (χ0) is 12.5. The largest absolute Gasteiger partial charge is 0.376 e. The summed E-state index contributed by atoms with van der Waals surface area (Å²) in [6, 6.07) is 6.03. The molecule has 1 aliphatic rings. The van der Waals surface area contributed by atoms with E-state index in [-0.39, 0.29) is 11.8 Å². The van der Waals surface area contributed by atoms with Crippen molar-refractivity contribution < 1.29 is 4.74 Å². The van der Waals surface area contributed by atoms with Gasteiger partial charge >= 0.3 is 5.69 Å². The normalized spacial score (nSPS) is 20.4. The van der Waals surface area contributed by atoms with Gasteiger partial charge in [-0.15, -0.1) is 0 Å². The van der Waals surface area contributed by atoms with Gasteiger partial charge in [0.15, 0.2) is 0 Å². The van der Waals surface area contributed by atoms with Crippen molar-refractivity contribution in [3.05, 3.63) is 34.2 Å². The van der Waals surface area contributed by atoms with Gasteiger partial charge in [-0.05, 0) is 43.9 Å². The van der Waals surface area contributed by atoms with Gasteiger partial charge < -0.3 is 9.72 Å². The van der Waals surface area contributed by atoms with E-state index in [0.29, 0.717) is 6.54 Å². The van der Waals surface area contributed by atoms with Crippen LogP contribution in [0.5, 0.6) is 0 Å². The molecule has 1 atom stereocenters. The fourth-order valence-electron chi connectivity index (χ4n) is 2.60. The standard InChI is InChI=1S/C14H18N2O2/c1-10-5-6-12-13(8-10)16(14(17)15-12)9-11-4-2-3-7-18-11/h5-6,8,11H,2-4,7,9H2,1H3,(H,15,17). The third-order valence-electron chi connectivity index (χ3n) is 3.59. The van der Waals surface area contributed by atoms with Crippen LogP contribution in [-0.4, -0.2) is 22.3 Å². The van der Waals surface area contributed by atoms with Gasteiger partial charge in [0.2, 0.25) is 0 Å². The Hall–Kier alpha value is -1.55. The fourth-order valence-corrected chi connectivity index (χ4v) is 2.60.